The highest BCUT2D eigenvalue weighted by molar-refractivity contribution is 5.87. The van der Waals surface area contributed by atoms with E-state index in [4.69, 9.17) is 9.84 Å². The van der Waals surface area contributed by atoms with Crippen LogP contribution in [0.2, 0.25) is 0 Å². The van der Waals surface area contributed by atoms with Gasteiger partial charge in [0, 0.05) is 12.6 Å². The highest BCUT2D eigenvalue weighted by Crippen LogP contribution is 2.26. The number of benzene rings is 1. The second kappa shape index (κ2) is 7.94. The molecule has 1 aromatic carbocycles. The number of carboxylic acid groups (broad SMARTS) is 1. The Kier molecular flexibility index (Phi) is 5.95. The van der Waals surface area contributed by atoms with Crippen molar-refractivity contribution < 1.29 is 19.4 Å². The van der Waals surface area contributed by atoms with Crippen LogP contribution in [0.3, 0.4) is 0 Å². The molecule has 120 valence electrons. The van der Waals surface area contributed by atoms with Gasteiger partial charge >= 0.3 is 11.9 Å². The number of carbonyl (C=O) groups is 2. The molecule has 2 atom stereocenters. The number of aromatic carboxylic acids is 1. The molecule has 0 aromatic heterocycles. The first-order chi connectivity index (χ1) is 10.6. The average Bonchev–Trinajstić information content (AvgIpc) is 2.53. The van der Waals surface area contributed by atoms with Crippen molar-refractivity contribution in [2.75, 3.05) is 6.61 Å². The molecule has 2 rings (SSSR count). The van der Waals surface area contributed by atoms with Crippen LogP contribution in [-0.4, -0.2) is 29.7 Å². The largest absolute Gasteiger partial charge is 0.478 e. The summed E-state index contributed by atoms with van der Waals surface area (Å²) in [5.74, 6) is -1.15. The summed E-state index contributed by atoms with van der Waals surface area (Å²) in [6.07, 6.45) is 3.95. The molecule has 1 aliphatic rings. The lowest BCUT2D eigenvalue weighted by Crippen LogP contribution is -2.42. The molecule has 1 aromatic rings. The zero-order chi connectivity index (χ0) is 15.9. The minimum atomic E-state index is -0.927. The molecule has 22 heavy (non-hydrogen) atoms. The van der Waals surface area contributed by atoms with Crippen LogP contribution in [0.5, 0.6) is 0 Å². The molecule has 5 nitrogen and oxygen atoms in total. The Hall–Kier alpha value is -1.88. The van der Waals surface area contributed by atoms with Gasteiger partial charge in [-0.15, -0.1) is 0 Å². The van der Waals surface area contributed by atoms with Gasteiger partial charge < -0.3 is 15.2 Å². The number of ether oxygens (including phenoxy) is 1. The van der Waals surface area contributed by atoms with Crippen LogP contribution in [0.15, 0.2) is 24.3 Å². The van der Waals surface area contributed by atoms with E-state index in [0.717, 1.165) is 31.2 Å². The minimum absolute atomic E-state index is 0.0984. The molecule has 0 unspecified atom stereocenters. The number of nitrogens with one attached hydrogen (secondary N) is 1. The van der Waals surface area contributed by atoms with Crippen LogP contribution >= 0.6 is 0 Å². The second-order valence-electron chi connectivity index (χ2n) is 5.64. The second-order valence-corrected chi connectivity index (χ2v) is 5.64. The van der Waals surface area contributed by atoms with Crippen molar-refractivity contribution in [2.45, 2.75) is 45.2 Å². The van der Waals surface area contributed by atoms with Crippen molar-refractivity contribution >= 4 is 11.9 Å². The first-order valence-electron chi connectivity index (χ1n) is 7.84. The summed E-state index contributed by atoms with van der Waals surface area (Å²) in [4.78, 5) is 23.0. The average molecular weight is 305 g/mol. The molecule has 2 N–H and O–H groups in total. The normalized spacial score (nSPS) is 21.3. The van der Waals surface area contributed by atoms with Gasteiger partial charge in [-0.1, -0.05) is 25.0 Å². The predicted octanol–water partition coefficient (Wildman–Crippen LogP) is 2.60. The number of hydrogen-bond acceptors (Lipinski definition) is 4. The lowest BCUT2D eigenvalue weighted by atomic mass is 9.84. The minimum Gasteiger partial charge on any atom is -0.478 e. The van der Waals surface area contributed by atoms with E-state index in [1.165, 1.54) is 0 Å². The summed E-state index contributed by atoms with van der Waals surface area (Å²) in [6, 6.07) is 6.97. The summed E-state index contributed by atoms with van der Waals surface area (Å²) in [6.45, 7) is 2.78. The molecule has 0 bridgehead atoms. The van der Waals surface area contributed by atoms with Crippen molar-refractivity contribution in [3.8, 4) is 0 Å². The van der Waals surface area contributed by atoms with Gasteiger partial charge in [0.15, 0.2) is 0 Å². The standard InChI is InChI=1S/C17H23NO4/c1-2-22-17(21)14-8-3-4-9-15(14)18-11-12-6-5-7-13(10-12)16(19)20/h5-7,10,14-15,18H,2-4,8-9,11H2,1H3,(H,19,20)/t14-,15+/m1/s1. The van der Waals surface area contributed by atoms with Crippen molar-refractivity contribution in [3.05, 3.63) is 35.4 Å². The SMILES string of the molecule is CCOC(=O)[C@@H]1CCCC[C@@H]1NCc1cccc(C(=O)O)c1. The van der Waals surface area contributed by atoms with Gasteiger partial charge in [-0.3, -0.25) is 4.79 Å². The summed E-state index contributed by atoms with van der Waals surface area (Å²) >= 11 is 0. The van der Waals surface area contributed by atoms with Gasteiger partial charge in [-0.25, -0.2) is 4.79 Å². The first-order valence-corrected chi connectivity index (χ1v) is 7.84. The van der Waals surface area contributed by atoms with Crippen LogP contribution in [0.25, 0.3) is 0 Å². The Labute approximate surface area is 130 Å². The van der Waals surface area contributed by atoms with Gasteiger partial charge in [0.25, 0.3) is 0 Å². The number of carboxylic acids is 1. The maximum atomic E-state index is 12.0. The zero-order valence-electron chi connectivity index (χ0n) is 12.9. The maximum absolute atomic E-state index is 12.0. The molecule has 0 aliphatic heterocycles. The van der Waals surface area contributed by atoms with E-state index in [2.05, 4.69) is 5.32 Å². The Morgan fingerprint density at radius 3 is 2.82 bits per heavy atom. The van der Waals surface area contributed by atoms with Crippen LogP contribution < -0.4 is 5.32 Å². The molecule has 0 amide bonds. The summed E-state index contributed by atoms with van der Waals surface area (Å²) in [7, 11) is 0. The highest BCUT2D eigenvalue weighted by Gasteiger charge is 2.31. The van der Waals surface area contributed by atoms with E-state index in [-0.39, 0.29) is 23.5 Å². The fourth-order valence-corrected chi connectivity index (χ4v) is 2.97. The van der Waals surface area contributed by atoms with Gasteiger partial charge in [-0.05, 0) is 37.5 Å². The Bertz CT molecular complexity index is 529. The number of esters is 1. The van der Waals surface area contributed by atoms with Crippen LogP contribution in [0.4, 0.5) is 0 Å². The van der Waals surface area contributed by atoms with Crippen molar-refractivity contribution in [2.24, 2.45) is 5.92 Å². The molecule has 0 spiro atoms. The summed E-state index contributed by atoms with van der Waals surface area (Å²) in [5.41, 5.74) is 1.19. The van der Waals surface area contributed by atoms with Crippen molar-refractivity contribution in [3.63, 3.8) is 0 Å². The molecule has 0 radical (unpaired) electrons. The number of carbonyl (C=O) groups excluding carboxylic acids is 1. The Morgan fingerprint density at radius 1 is 1.32 bits per heavy atom. The summed E-state index contributed by atoms with van der Waals surface area (Å²) < 4.78 is 5.16. The van der Waals surface area contributed by atoms with Crippen LogP contribution in [-0.2, 0) is 16.1 Å². The zero-order valence-corrected chi connectivity index (χ0v) is 12.9. The monoisotopic (exact) mass is 305 g/mol. The third-order valence-electron chi connectivity index (χ3n) is 4.10. The van der Waals surface area contributed by atoms with Gasteiger partial charge in [0.1, 0.15) is 0 Å². The van der Waals surface area contributed by atoms with E-state index in [1.807, 2.05) is 13.0 Å². The van der Waals surface area contributed by atoms with Crippen LogP contribution in [0, 0.1) is 5.92 Å². The number of hydrogen-bond donors (Lipinski definition) is 2. The number of rotatable bonds is 6. The molecule has 0 heterocycles. The van der Waals surface area contributed by atoms with Crippen LogP contribution in [0.1, 0.15) is 48.5 Å². The fraction of sp³-hybridized carbons (Fsp3) is 0.529. The molecule has 0 saturated heterocycles. The first kappa shape index (κ1) is 16.5. The molecule has 1 saturated carbocycles. The highest BCUT2D eigenvalue weighted by atomic mass is 16.5. The third-order valence-corrected chi connectivity index (χ3v) is 4.10. The quantitative estimate of drug-likeness (QED) is 0.790. The lowest BCUT2D eigenvalue weighted by Gasteiger charge is -2.30. The van der Waals surface area contributed by atoms with Gasteiger partial charge in [0.05, 0.1) is 18.1 Å². The third kappa shape index (κ3) is 4.31. The summed E-state index contributed by atoms with van der Waals surface area (Å²) in [5, 5.41) is 12.4. The molecular weight excluding hydrogens is 282 g/mol. The van der Waals surface area contributed by atoms with E-state index >= 15 is 0 Å². The van der Waals surface area contributed by atoms with E-state index in [9.17, 15) is 9.59 Å². The van der Waals surface area contributed by atoms with Crippen molar-refractivity contribution in [1.82, 2.24) is 5.32 Å². The molecule has 1 aliphatic carbocycles. The van der Waals surface area contributed by atoms with E-state index < -0.39 is 5.97 Å². The van der Waals surface area contributed by atoms with E-state index in [1.54, 1.807) is 18.2 Å². The van der Waals surface area contributed by atoms with Crippen molar-refractivity contribution in [1.29, 1.82) is 0 Å². The lowest BCUT2D eigenvalue weighted by molar-refractivity contribution is -0.150. The van der Waals surface area contributed by atoms with E-state index in [0.29, 0.717) is 13.2 Å². The van der Waals surface area contributed by atoms with Gasteiger partial charge in [0.2, 0.25) is 0 Å². The maximum Gasteiger partial charge on any atom is 0.335 e. The fourth-order valence-electron chi connectivity index (χ4n) is 2.97. The molecule has 1 fully saturated rings. The predicted molar refractivity (Wildman–Crippen MR) is 82.6 cm³/mol. The molecular formula is C17H23NO4. The molecule has 5 heteroatoms. The Balaban J connectivity index is 1.97. The smallest absolute Gasteiger partial charge is 0.335 e. The van der Waals surface area contributed by atoms with Gasteiger partial charge in [-0.2, -0.15) is 0 Å². The topological polar surface area (TPSA) is 75.6 Å². The Morgan fingerprint density at radius 2 is 2.09 bits per heavy atom.